The van der Waals surface area contributed by atoms with Gasteiger partial charge in [0.05, 0.1) is 7.11 Å². The van der Waals surface area contributed by atoms with Gasteiger partial charge in [-0.1, -0.05) is 26.0 Å². The first kappa shape index (κ1) is 16.5. The Hall–Kier alpha value is -1.86. The molecule has 0 spiro atoms. The third-order valence-electron chi connectivity index (χ3n) is 3.09. The van der Waals surface area contributed by atoms with Crippen molar-refractivity contribution in [1.82, 2.24) is 0 Å². The highest BCUT2D eigenvalue weighted by atomic mass is 32.2. The largest absolute Gasteiger partial charge is 0.465 e. The minimum absolute atomic E-state index is 0.0648. The van der Waals surface area contributed by atoms with Crippen LogP contribution < -0.4 is 4.72 Å². The highest BCUT2D eigenvalue weighted by Gasteiger charge is 2.24. The molecule has 1 aromatic heterocycles. The third kappa shape index (κ3) is 3.48. The summed E-state index contributed by atoms with van der Waals surface area (Å²) in [6, 6.07) is 8.58. The number of anilines is 1. The molecule has 0 amide bonds. The van der Waals surface area contributed by atoms with Crippen molar-refractivity contribution < 1.29 is 17.9 Å². The molecule has 0 saturated carbocycles. The number of hydrogen-bond donors (Lipinski definition) is 1. The van der Waals surface area contributed by atoms with Gasteiger partial charge in [-0.2, -0.15) is 0 Å². The molecule has 0 unspecified atom stereocenters. The summed E-state index contributed by atoms with van der Waals surface area (Å²) in [5.41, 5.74) is 1.49. The van der Waals surface area contributed by atoms with E-state index in [0.717, 1.165) is 16.9 Å². The Labute approximate surface area is 134 Å². The Morgan fingerprint density at radius 1 is 1.27 bits per heavy atom. The summed E-state index contributed by atoms with van der Waals surface area (Å²) in [5, 5.41) is 1.55. The summed E-state index contributed by atoms with van der Waals surface area (Å²) in [6.45, 7) is 4.06. The number of carbonyl (C=O) groups excluding carboxylic acids is 1. The van der Waals surface area contributed by atoms with Crippen molar-refractivity contribution in [3.05, 3.63) is 46.2 Å². The smallest absolute Gasteiger partial charge is 0.349 e. The Morgan fingerprint density at radius 3 is 2.64 bits per heavy atom. The molecule has 118 valence electrons. The molecule has 1 aromatic carbocycles. The van der Waals surface area contributed by atoms with Crippen LogP contribution in [0.25, 0.3) is 0 Å². The second-order valence-electron chi connectivity index (χ2n) is 4.99. The molecule has 0 aliphatic heterocycles. The van der Waals surface area contributed by atoms with E-state index in [1.165, 1.54) is 13.2 Å². The van der Waals surface area contributed by atoms with Gasteiger partial charge in [0.25, 0.3) is 10.0 Å². The zero-order valence-electron chi connectivity index (χ0n) is 12.5. The molecule has 2 rings (SSSR count). The first-order chi connectivity index (χ1) is 10.3. The molecule has 0 bridgehead atoms. The lowest BCUT2D eigenvalue weighted by Gasteiger charge is -2.11. The summed E-state index contributed by atoms with van der Waals surface area (Å²) in [4.78, 5) is 11.6. The Morgan fingerprint density at radius 2 is 2.00 bits per heavy atom. The normalized spacial score (nSPS) is 11.5. The summed E-state index contributed by atoms with van der Waals surface area (Å²) in [5.74, 6) is -0.373. The average Bonchev–Trinajstić information content (AvgIpc) is 2.96. The molecule has 2 aromatic rings. The molecule has 5 nitrogen and oxygen atoms in total. The predicted octanol–water partition coefficient (Wildman–Crippen LogP) is 3.46. The minimum atomic E-state index is -3.84. The number of esters is 1. The number of nitrogens with one attached hydrogen (secondary N) is 1. The Kier molecular flexibility index (Phi) is 4.87. The van der Waals surface area contributed by atoms with Gasteiger partial charge in [-0.3, -0.25) is 4.72 Å². The molecule has 0 fully saturated rings. The van der Waals surface area contributed by atoms with Crippen LogP contribution in [0.15, 0.2) is 40.6 Å². The SMILES string of the molecule is COC(=O)c1sccc1S(=O)(=O)Nc1cccc(C(C)C)c1. The number of hydrogen-bond acceptors (Lipinski definition) is 5. The predicted molar refractivity (Wildman–Crippen MR) is 87.0 cm³/mol. The van der Waals surface area contributed by atoms with Gasteiger partial charge in [0.15, 0.2) is 0 Å². The lowest BCUT2D eigenvalue weighted by atomic mass is 10.0. The zero-order valence-corrected chi connectivity index (χ0v) is 14.1. The lowest BCUT2D eigenvalue weighted by molar-refractivity contribution is 0.0602. The van der Waals surface area contributed by atoms with E-state index in [1.807, 2.05) is 19.9 Å². The number of thiophene rings is 1. The number of ether oxygens (including phenoxy) is 1. The van der Waals surface area contributed by atoms with Crippen molar-refractivity contribution in [3.8, 4) is 0 Å². The van der Waals surface area contributed by atoms with E-state index < -0.39 is 16.0 Å². The fourth-order valence-electron chi connectivity index (χ4n) is 1.92. The highest BCUT2D eigenvalue weighted by molar-refractivity contribution is 7.93. The standard InChI is InChI=1S/C15H17NO4S2/c1-10(2)11-5-4-6-12(9-11)16-22(18,19)13-7-8-21-14(13)15(17)20-3/h4-10,16H,1-3H3. The quantitative estimate of drug-likeness (QED) is 0.847. The van der Waals surface area contributed by atoms with Gasteiger partial charge in [0.1, 0.15) is 9.77 Å². The molecule has 1 heterocycles. The fourth-order valence-corrected chi connectivity index (χ4v) is 4.31. The zero-order chi connectivity index (χ0) is 16.3. The third-order valence-corrected chi connectivity index (χ3v) is 5.54. The van der Waals surface area contributed by atoms with E-state index in [-0.39, 0.29) is 15.7 Å². The van der Waals surface area contributed by atoms with E-state index in [4.69, 9.17) is 0 Å². The van der Waals surface area contributed by atoms with Crippen LogP contribution in [-0.4, -0.2) is 21.5 Å². The van der Waals surface area contributed by atoms with Crippen molar-refractivity contribution in [3.63, 3.8) is 0 Å². The average molecular weight is 339 g/mol. The first-order valence-corrected chi connectivity index (χ1v) is 9.00. The maximum atomic E-state index is 12.5. The van der Waals surface area contributed by atoms with E-state index in [1.54, 1.807) is 23.6 Å². The van der Waals surface area contributed by atoms with Gasteiger partial charge in [-0.25, -0.2) is 13.2 Å². The van der Waals surface area contributed by atoms with Crippen molar-refractivity contribution in [1.29, 1.82) is 0 Å². The van der Waals surface area contributed by atoms with Gasteiger partial charge in [-0.15, -0.1) is 11.3 Å². The van der Waals surface area contributed by atoms with Crippen LogP contribution >= 0.6 is 11.3 Å². The number of carbonyl (C=O) groups is 1. The molecule has 0 atom stereocenters. The van der Waals surface area contributed by atoms with Gasteiger partial charge in [-0.05, 0) is 35.1 Å². The monoisotopic (exact) mass is 339 g/mol. The van der Waals surface area contributed by atoms with Crippen molar-refractivity contribution in [2.24, 2.45) is 0 Å². The van der Waals surface area contributed by atoms with Gasteiger partial charge >= 0.3 is 5.97 Å². The fraction of sp³-hybridized carbons (Fsp3) is 0.267. The topological polar surface area (TPSA) is 72.5 Å². The number of methoxy groups -OCH3 is 1. The molecule has 22 heavy (non-hydrogen) atoms. The van der Waals surface area contributed by atoms with E-state index >= 15 is 0 Å². The van der Waals surface area contributed by atoms with Crippen LogP contribution in [-0.2, 0) is 14.8 Å². The molecule has 1 N–H and O–H groups in total. The maximum absolute atomic E-state index is 12.5. The lowest BCUT2D eigenvalue weighted by Crippen LogP contribution is -2.15. The summed E-state index contributed by atoms with van der Waals surface area (Å²) < 4.78 is 32.1. The van der Waals surface area contributed by atoms with Crippen LogP contribution in [0.4, 0.5) is 5.69 Å². The van der Waals surface area contributed by atoms with Gasteiger partial charge in [0, 0.05) is 5.69 Å². The van der Waals surface area contributed by atoms with Gasteiger partial charge in [0.2, 0.25) is 0 Å². The second-order valence-corrected chi connectivity index (χ2v) is 7.56. The second kappa shape index (κ2) is 6.50. The van der Waals surface area contributed by atoms with E-state index in [2.05, 4.69) is 9.46 Å². The molecule has 7 heteroatoms. The van der Waals surface area contributed by atoms with E-state index in [9.17, 15) is 13.2 Å². The molecule has 0 radical (unpaired) electrons. The maximum Gasteiger partial charge on any atom is 0.349 e. The summed E-state index contributed by atoms with van der Waals surface area (Å²) >= 11 is 1.03. The first-order valence-electron chi connectivity index (χ1n) is 6.63. The minimum Gasteiger partial charge on any atom is -0.465 e. The van der Waals surface area contributed by atoms with Crippen LogP contribution in [0.5, 0.6) is 0 Å². The molecular weight excluding hydrogens is 322 g/mol. The molecule has 0 saturated heterocycles. The molecule has 0 aliphatic rings. The van der Waals surface area contributed by atoms with Crippen LogP contribution in [0.2, 0.25) is 0 Å². The Bertz CT molecular complexity index is 778. The highest BCUT2D eigenvalue weighted by Crippen LogP contribution is 2.26. The molecular formula is C15H17NO4S2. The molecule has 0 aliphatic carbocycles. The van der Waals surface area contributed by atoms with Crippen LogP contribution in [0.3, 0.4) is 0 Å². The van der Waals surface area contributed by atoms with Crippen molar-refractivity contribution in [2.75, 3.05) is 11.8 Å². The van der Waals surface area contributed by atoms with E-state index in [0.29, 0.717) is 5.69 Å². The van der Waals surface area contributed by atoms with Crippen molar-refractivity contribution >= 4 is 33.0 Å². The number of benzene rings is 1. The summed E-state index contributed by atoms with van der Waals surface area (Å²) in [6.07, 6.45) is 0. The number of sulfonamides is 1. The van der Waals surface area contributed by atoms with Gasteiger partial charge < -0.3 is 4.74 Å². The van der Waals surface area contributed by atoms with Crippen LogP contribution in [0.1, 0.15) is 35.0 Å². The summed E-state index contributed by atoms with van der Waals surface area (Å²) in [7, 11) is -2.62. The number of rotatable bonds is 5. The van der Waals surface area contributed by atoms with Crippen molar-refractivity contribution in [2.45, 2.75) is 24.7 Å². The Balaban J connectivity index is 2.35. The van der Waals surface area contributed by atoms with Crippen LogP contribution in [0, 0.1) is 0 Å².